The number of carbonyl (C=O) groups is 1. The van der Waals surface area contributed by atoms with Gasteiger partial charge in [0.15, 0.2) is 5.82 Å². The molecule has 0 aliphatic carbocycles. The molecule has 5 N–H and O–H groups in total. The molecule has 1 heterocycles. The topological polar surface area (TPSA) is 126 Å². The molecule has 1 amide bonds. The molecule has 150 valence electrons. The number of hydrogen-bond acceptors (Lipinski definition) is 6. The maximum atomic E-state index is 12.0. The van der Waals surface area contributed by atoms with Crippen molar-refractivity contribution in [3.63, 3.8) is 0 Å². The van der Waals surface area contributed by atoms with Crippen molar-refractivity contribution in [3.05, 3.63) is 65.2 Å². The van der Waals surface area contributed by atoms with E-state index < -0.39 is 5.91 Å². The molecule has 3 aromatic rings. The van der Waals surface area contributed by atoms with Crippen LogP contribution in [0.15, 0.2) is 53.5 Å². The summed E-state index contributed by atoms with van der Waals surface area (Å²) in [6, 6.07) is 15.0. The first-order valence-electron chi connectivity index (χ1n) is 8.78. The van der Waals surface area contributed by atoms with E-state index in [2.05, 4.69) is 43.1 Å². The van der Waals surface area contributed by atoms with Gasteiger partial charge in [0, 0.05) is 16.3 Å². The zero-order valence-corrected chi connectivity index (χ0v) is 17.6. The minimum absolute atomic E-state index is 0.0446. The number of amides is 1. The zero-order chi connectivity index (χ0) is 20.6. The van der Waals surface area contributed by atoms with Crippen molar-refractivity contribution in [3.8, 4) is 5.75 Å². The van der Waals surface area contributed by atoms with Crippen LogP contribution in [-0.2, 0) is 4.43 Å². The summed E-state index contributed by atoms with van der Waals surface area (Å²) in [6.45, 7) is 0.191. The Kier molecular flexibility index (Phi) is 7.19. The Morgan fingerprint density at radius 1 is 1.31 bits per heavy atom. The zero-order valence-electron chi connectivity index (χ0n) is 15.4. The molecule has 8 nitrogen and oxygen atoms in total. The molecule has 0 unspecified atom stereocenters. The van der Waals surface area contributed by atoms with Crippen LogP contribution in [0.5, 0.6) is 5.75 Å². The SMILES string of the molecule is NC(=O)c1c(N=Cc2ccc(OCCO)cc2)n[nH]c1Nc1cccc(CI)c1. The van der Waals surface area contributed by atoms with Gasteiger partial charge < -0.3 is 20.9 Å². The number of nitrogens with one attached hydrogen (secondary N) is 2. The van der Waals surface area contributed by atoms with E-state index in [9.17, 15) is 4.79 Å². The number of aromatic nitrogens is 2. The molecule has 0 aliphatic rings. The van der Waals surface area contributed by atoms with Gasteiger partial charge in [-0.3, -0.25) is 9.89 Å². The number of H-pyrrole nitrogens is 1. The second-order valence-electron chi connectivity index (χ2n) is 6.02. The van der Waals surface area contributed by atoms with E-state index >= 15 is 0 Å². The van der Waals surface area contributed by atoms with Crippen LogP contribution in [0.1, 0.15) is 21.5 Å². The molecule has 0 fully saturated rings. The van der Waals surface area contributed by atoms with E-state index in [4.69, 9.17) is 15.6 Å². The molecule has 2 aromatic carbocycles. The molecule has 0 aliphatic heterocycles. The number of aliphatic imine (C=N–C) groups is 1. The van der Waals surface area contributed by atoms with Crippen molar-refractivity contribution in [1.82, 2.24) is 10.2 Å². The molecule has 0 saturated carbocycles. The smallest absolute Gasteiger partial charge is 0.256 e. The lowest BCUT2D eigenvalue weighted by molar-refractivity contribution is 0.100. The highest BCUT2D eigenvalue weighted by Gasteiger charge is 2.18. The van der Waals surface area contributed by atoms with E-state index in [1.165, 1.54) is 0 Å². The van der Waals surface area contributed by atoms with Crippen molar-refractivity contribution < 1.29 is 14.6 Å². The average Bonchev–Trinajstić information content (AvgIpc) is 3.14. The summed E-state index contributed by atoms with van der Waals surface area (Å²) in [5.74, 6) is 0.605. The summed E-state index contributed by atoms with van der Waals surface area (Å²) >= 11 is 2.29. The predicted molar refractivity (Wildman–Crippen MR) is 121 cm³/mol. The molecule has 0 spiro atoms. The first-order chi connectivity index (χ1) is 14.1. The van der Waals surface area contributed by atoms with E-state index in [0.717, 1.165) is 21.2 Å². The third-order valence-electron chi connectivity index (χ3n) is 3.92. The Balaban J connectivity index is 1.79. The fourth-order valence-electron chi connectivity index (χ4n) is 2.58. The molecular formula is C20H20IN5O3. The number of benzene rings is 2. The van der Waals surface area contributed by atoms with Crippen LogP contribution in [0, 0.1) is 0 Å². The number of alkyl halides is 1. The lowest BCUT2D eigenvalue weighted by Crippen LogP contribution is -2.12. The highest BCUT2D eigenvalue weighted by molar-refractivity contribution is 14.1. The Bertz CT molecular complexity index is 1000. The summed E-state index contributed by atoms with van der Waals surface area (Å²) in [7, 11) is 0. The van der Waals surface area contributed by atoms with E-state index in [-0.39, 0.29) is 24.6 Å². The van der Waals surface area contributed by atoms with E-state index in [1.54, 1.807) is 18.3 Å². The van der Waals surface area contributed by atoms with Gasteiger partial charge in [0.05, 0.1) is 6.61 Å². The van der Waals surface area contributed by atoms with Crippen LogP contribution in [0.2, 0.25) is 0 Å². The Labute approximate surface area is 181 Å². The van der Waals surface area contributed by atoms with Crippen molar-refractivity contribution in [2.45, 2.75) is 4.43 Å². The van der Waals surface area contributed by atoms with Crippen molar-refractivity contribution >= 4 is 52.0 Å². The number of anilines is 2. The summed E-state index contributed by atoms with van der Waals surface area (Å²) in [5.41, 5.74) is 8.51. The number of aliphatic hydroxyl groups is 1. The Morgan fingerprint density at radius 3 is 2.79 bits per heavy atom. The minimum atomic E-state index is -0.633. The average molecular weight is 505 g/mol. The molecule has 9 heteroatoms. The van der Waals surface area contributed by atoms with E-state index in [1.807, 2.05) is 36.4 Å². The fourth-order valence-corrected chi connectivity index (χ4v) is 3.05. The summed E-state index contributed by atoms with van der Waals surface area (Å²) < 4.78 is 6.19. The van der Waals surface area contributed by atoms with Crippen LogP contribution in [0.4, 0.5) is 17.3 Å². The van der Waals surface area contributed by atoms with Crippen LogP contribution in [0.3, 0.4) is 0 Å². The van der Waals surface area contributed by atoms with Crippen molar-refractivity contribution in [2.75, 3.05) is 18.5 Å². The van der Waals surface area contributed by atoms with Crippen LogP contribution in [0.25, 0.3) is 0 Å². The first kappa shape index (κ1) is 20.8. The standard InChI is InChI=1S/C20H20IN5O3/c21-11-14-2-1-3-15(10-14)24-20-17(18(22)28)19(25-26-20)23-12-13-4-6-16(7-5-13)29-9-8-27/h1-7,10,12,27H,8-9,11H2,(H2,22,28)(H2,24,25,26). The molecule has 1 aromatic heterocycles. The van der Waals surface area contributed by atoms with Crippen LogP contribution >= 0.6 is 22.6 Å². The number of primary amides is 1. The minimum Gasteiger partial charge on any atom is -0.491 e. The molecule has 0 saturated heterocycles. The van der Waals surface area contributed by atoms with Gasteiger partial charge in [-0.1, -0.05) is 34.7 Å². The van der Waals surface area contributed by atoms with Gasteiger partial charge in [-0.25, -0.2) is 4.99 Å². The van der Waals surface area contributed by atoms with Crippen LogP contribution < -0.4 is 15.8 Å². The monoisotopic (exact) mass is 505 g/mol. The number of nitrogens with two attached hydrogens (primary N) is 1. The number of aromatic amines is 1. The normalized spacial score (nSPS) is 11.0. The molecular weight excluding hydrogens is 485 g/mol. The van der Waals surface area contributed by atoms with Gasteiger partial charge in [0.1, 0.15) is 23.7 Å². The lowest BCUT2D eigenvalue weighted by Gasteiger charge is -2.06. The number of hydrogen-bond donors (Lipinski definition) is 4. The number of halogens is 1. The van der Waals surface area contributed by atoms with Gasteiger partial charge in [-0.15, -0.1) is 0 Å². The molecule has 3 rings (SSSR count). The summed E-state index contributed by atoms with van der Waals surface area (Å²) in [4.78, 5) is 16.3. The number of aliphatic hydroxyl groups excluding tert-OH is 1. The maximum absolute atomic E-state index is 12.0. The molecule has 0 bridgehead atoms. The van der Waals surface area contributed by atoms with Gasteiger partial charge in [-0.05, 0) is 47.5 Å². The fraction of sp³-hybridized carbons (Fsp3) is 0.150. The number of rotatable bonds is 9. The third kappa shape index (κ3) is 5.55. The van der Waals surface area contributed by atoms with Crippen LogP contribution in [-0.4, -0.2) is 40.6 Å². The molecule has 0 radical (unpaired) electrons. The van der Waals surface area contributed by atoms with Gasteiger partial charge in [0.2, 0.25) is 0 Å². The second-order valence-corrected chi connectivity index (χ2v) is 6.78. The highest BCUT2D eigenvalue weighted by atomic mass is 127. The maximum Gasteiger partial charge on any atom is 0.256 e. The van der Waals surface area contributed by atoms with E-state index in [0.29, 0.717) is 11.6 Å². The third-order valence-corrected chi connectivity index (χ3v) is 4.80. The summed E-state index contributed by atoms with van der Waals surface area (Å²) in [6.07, 6.45) is 1.58. The molecule has 0 atom stereocenters. The lowest BCUT2D eigenvalue weighted by atomic mass is 10.2. The second kappa shape index (κ2) is 10.0. The number of carbonyl (C=O) groups excluding carboxylic acids is 1. The van der Waals surface area contributed by atoms with Gasteiger partial charge >= 0.3 is 0 Å². The summed E-state index contributed by atoms with van der Waals surface area (Å²) in [5, 5.41) is 18.8. The molecule has 29 heavy (non-hydrogen) atoms. The van der Waals surface area contributed by atoms with Crippen molar-refractivity contribution in [2.24, 2.45) is 10.7 Å². The number of nitrogens with zero attached hydrogens (tertiary/aromatic N) is 2. The van der Waals surface area contributed by atoms with Gasteiger partial charge in [0.25, 0.3) is 5.91 Å². The highest BCUT2D eigenvalue weighted by Crippen LogP contribution is 2.27. The quantitative estimate of drug-likeness (QED) is 0.202. The Hall–Kier alpha value is -2.92. The predicted octanol–water partition coefficient (Wildman–Crippen LogP) is 3.31. The first-order valence-corrected chi connectivity index (χ1v) is 10.3. The van der Waals surface area contributed by atoms with Crippen molar-refractivity contribution in [1.29, 1.82) is 0 Å². The van der Waals surface area contributed by atoms with Gasteiger partial charge in [-0.2, -0.15) is 5.10 Å². The largest absolute Gasteiger partial charge is 0.491 e. The Morgan fingerprint density at radius 2 is 2.10 bits per heavy atom. The number of ether oxygens (including phenoxy) is 1.